The summed E-state index contributed by atoms with van der Waals surface area (Å²) in [5, 5.41) is 13.6. The molecule has 2 bridgehead atoms. The predicted molar refractivity (Wildman–Crippen MR) is 226 cm³/mol. The molecule has 1 aromatic carbocycles. The number of anilines is 2. The number of imide groups is 1. The zero-order chi connectivity index (χ0) is 43.4. The van der Waals surface area contributed by atoms with Gasteiger partial charge in [0.1, 0.15) is 24.0 Å². The maximum Gasteiger partial charge on any atom is 0.329 e. The van der Waals surface area contributed by atoms with Crippen LogP contribution < -0.4 is 21.2 Å². The smallest absolute Gasteiger partial charge is 0.329 e. The topological polar surface area (TPSA) is 175 Å². The summed E-state index contributed by atoms with van der Waals surface area (Å²) in [7, 11) is 1.66. The molecule has 0 unspecified atom stereocenters. The second-order valence-corrected chi connectivity index (χ2v) is 17.4. The number of halogens is 2. The SMILES string of the molecule is Cn1c(=O)n([C@H]2CCC(=O)NC2=O)c2cccc(C#CCOC3CCN(CC4CCC(n5cc(NC(=O)c6cnn7ccc(N8C[C@H]9C[C@@H]8CO9)nc67)c(C(F)F)n5)CC4)CC3)c21. The largest absolute Gasteiger partial charge is 0.374 e. The second-order valence-electron chi connectivity index (χ2n) is 17.4. The Bertz CT molecular complexity index is 2700. The van der Waals surface area contributed by atoms with E-state index in [0.717, 1.165) is 76.9 Å². The lowest BCUT2D eigenvalue weighted by Crippen LogP contribution is -2.44. The molecular formula is C44H49F2N11O6. The summed E-state index contributed by atoms with van der Waals surface area (Å²) in [4.78, 5) is 60.5. The number of aryl methyl sites for hydroxylation is 1. The lowest BCUT2D eigenvalue weighted by molar-refractivity contribution is -0.135. The zero-order valence-electron chi connectivity index (χ0n) is 34.9. The molecular weight excluding hydrogens is 817 g/mol. The molecule has 0 spiro atoms. The van der Waals surface area contributed by atoms with Crippen molar-refractivity contribution in [2.75, 3.05) is 49.6 Å². The van der Waals surface area contributed by atoms with Crippen LogP contribution in [0.3, 0.4) is 0 Å². The number of hydrogen-bond acceptors (Lipinski definition) is 11. The van der Waals surface area contributed by atoms with Crippen molar-refractivity contribution in [2.24, 2.45) is 13.0 Å². The quantitative estimate of drug-likeness (QED) is 0.154. The number of likely N-dealkylation sites (tertiary alicyclic amines) is 1. The van der Waals surface area contributed by atoms with E-state index in [2.05, 4.69) is 42.5 Å². The first-order chi connectivity index (χ1) is 30.6. The molecule has 17 nitrogen and oxygen atoms in total. The number of aromatic nitrogens is 7. The molecule has 5 aliphatic rings. The van der Waals surface area contributed by atoms with Gasteiger partial charge in [-0.3, -0.25) is 33.5 Å². The number of alkyl halides is 2. The Kier molecular flexibility index (Phi) is 11.1. The molecule has 4 aromatic heterocycles. The molecule has 4 aliphatic heterocycles. The Balaban J connectivity index is 0.700. The maximum atomic E-state index is 14.3. The van der Waals surface area contributed by atoms with Crippen molar-refractivity contribution in [1.82, 2.24) is 43.7 Å². The molecule has 0 radical (unpaired) electrons. The van der Waals surface area contributed by atoms with E-state index in [-0.39, 0.29) is 66.6 Å². The molecule has 3 atom stereocenters. The normalized spacial score (nSPS) is 24.4. The van der Waals surface area contributed by atoms with E-state index < -0.39 is 30.0 Å². The fourth-order valence-corrected chi connectivity index (χ4v) is 10.2. The Hall–Kier alpha value is -5.97. The van der Waals surface area contributed by atoms with Crippen LogP contribution in [0.15, 0.2) is 47.7 Å². The number of piperidine rings is 2. The number of carbonyl (C=O) groups is 3. The van der Waals surface area contributed by atoms with Crippen molar-refractivity contribution in [3.63, 3.8) is 0 Å². The third-order valence-corrected chi connectivity index (χ3v) is 13.5. The van der Waals surface area contributed by atoms with E-state index in [0.29, 0.717) is 34.8 Å². The van der Waals surface area contributed by atoms with E-state index in [9.17, 15) is 28.0 Å². The lowest BCUT2D eigenvalue weighted by atomic mass is 9.85. The van der Waals surface area contributed by atoms with Crippen LogP contribution in [0.1, 0.15) is 97.9 Å². The number of rotatable bonds is 10. The van der Waals surface area contributed by atoms with Gasteiger partial charge in [0.2, 0.25) is 11.8 Å². The standard InChI is InChI=1S/C44H49F2N11O6/c1-52-39-27(4-2-6-34(39)57(44(52)61)35-11-12-37(58)50-43(35)60)5-3-19-62-30-13-16-53(17-14-30)22-26-7-9-28(10-8-26)56-24-33(38(51-56)40(45)46)48-42(59)32-21-47-55-18-15-36(49-41(32)55)54-23-31-20-29(54)25-63-31/h2,4,6,15,18,21,24,26,28-31,35,40H,7-14,16-17,19-20,22-23,25H2,1H3,(H,48,59)(H,50,58,60)/t26?,28?,29-,31-,35+/m1/s1. The molecule has 8 heterocycles. The number of amides is 3. The minimum Gasteiger partial charge on any atom is -0.374 e. The van der Waals surface area contributed by atoms with Crippen molar-refractivity contribution in [1.29, 1.82) is 0 Å². The fraction of sp³-hybridized carbons (Fsp3) is 0.523. The third kappa shape index (κ3) is 8.00. The van der Waals surface area contributed by atoms with E-state index >= 15 is 0 Å². The monoisotopic (exact) mass is 865 g/mol. The van der Waals surface area contributed by atoms with E-state index in [1.165, 1.54) is 26.0 Å². The summed E-state index contributed by atoms with van der Waals surface area (Å²) in [6.07, 6.45) is 8.73. The van der Waals surface area contributed by atoms with Crippen LogP contribution in [-0.4, -0.2) is 114 Å². The van der Waals surface area contributed by atoms with Crippen molar-refractivity contribution in [2.45, 2.75) is 94.5 Å². The maximum absolute atomic E-state index is 14.3. The van der Waals surface area contributed by atoms with Crippen LogP contribution in [-0.2, 0) is 26.1 Å². The lowest BCUT2D eigenvalue weighted by Gasteiger charge is -2.36. The highest BCUT2D eigenvalue weighted by Crippen LogP contribution is 2.36. The number of imidazole rings is 1. The van der Waals surface area contributed by atoms with E-state index in [4.69, 9.17) is 14.5 Å². The Morgan fingerprint density at radius 2 is 1.89 bits per heavy atom. The summed E-state index contributed by atoms with van der Waals surface area (Å²) in [6, 6.07) is 6.73. The van der Waals surface area contributed by atoms with Gasteiger partial charge in [-0.2, -0.15) is 10.2 Å². The highest BCUT2D eigenvalue weighted by Gasteiger charge is 2.40. The second kappa shape index (κ2) is 17.0. The number of para-hydroxylation sites is 1. The van der Waals surface area contributed by atoms with Gasteiger partial charge in [0.15, 0.2) is 11.3 Å². The van der Waals surface area contributed by atoms with Crippen LogP contribution in [0, 0.1) is 17.8 Å². The number of hydrogen-bond donors (Lipinski definition) is 2. The van der Waals surface area contributed by atoms with Gasteiger partial charge >= 0.3 is 5.69 Å². The molecule has 5 fully saturated rings. The van der Waals surface area contributed by atoms with Crippen LogP contribution in [0.4, 0.5) is 20.3 Å². The van der Waals surface area contributed by atoms with E-state index in [1.807, 2.05) is 18.2 Å². The van der Waals surface area contributed by atoms with Gasteiger partial charge in [0, 0.05) is 52.0 Å². The van der Waals surface area contributed by atoms with Gasteiger partial charge in [-0.1, -0.05) is 17.9 Å². The number of benzene rings is 1. The average Bonchev–Trinajstić information content (AvgIpc) is 4.13. The molecule has 19 heteroatoms. The minimum absolute atomic E-state index is 0.0104. The number of morpholine rings is 1. The zero-order valence-corrected chi connectivity index (χ0v) is 34.9. The van der Waals surface area contributed by atoms with Crippen LogP contribution in [0.25, 0.3) is 16.7 Å². The van der Waals surface area contributed by atoms with Crippen molar-refractivity contribution in [3.8, 4) is 11.8 Å². The Labute approximate surface area is 360 Å². The molecule has 63 heavy (non-hydrogen) atoms. The van der Waals surface area contributed by atoms with Crippen LogP contribution in [0.5, 0.6) is 0 Å². The minimum atomic E-state index is -2.86. The number of ether oxygens (including phenoxy) is 2. The third-order valence-electron chi connectivity index (χ3n) is 13.5. The summed E-state index contributed by atoms with van der Waals surface area (Å²) in [6.45, 7) is 4.40. The molecule has 4 saturated heterocycles. The van der Waals surface area contributed by atoms with Crippen LogP contribution in [0.2, 0.25) is 0 Å². The molecule has 10 rings (SSSR count). The predicted octanol–water partition coefficient (Wildman–Crippen LogP) is 3.99. The average molecular weight is 866 g/mol. The Morgan fingerprint density at radius 3 is 2.63 bits per heavy atom. The number of fused-ring (bicyclic) bond motifs is 4. The first-order valence-electron chi connectivity index (χ1n) is 21.9. The first kappa shape index (κ1) is 41.1. The van der Waals surface area contributed by atoms with Crippen LogP contribution >= 0.6 is 0 Å². The number of nitrogens with zero attached hydrogens (tertiary/aromatic N) is 9. The number of carbonyl (C=O) groups excluding carboxylic acids is 3. The fourth-order valence-electron chi connectivity index (χ4n) is 10.2. The molecule has 5 aromatic rings. The van der Waals surface area contributed by atoms with Gasteiger partial charge < -0.3 is 24.6 Å². The van der Waals surface area contributed by atoms with Gasteiger partial charge in [-0.05, 0) is 75.5 Å². The molecule has 2 N–H and O–H groups in total. The van der Waals surface area contributed by atoms with Gasteiger partial charge in [-0.25, -0.2) is 23.1 Å². The van der Waals surface area contributed by atoms with E-state index in [1.54, 1.807) is 24.0 Å². The number of nitrogens with one attached hydrogen (secondary N) is 2. The highest BCUT2D eigenvalue weighted by atomic mass is 19.3. The summed E-state index contributed by atoms with van der Waals surface area (Å²) < 4.78 is 46.5. The van der Waals surface area contributed by atoms with Crippen molar-refractivity contribution in [3.05, 3.63) is 70.2 Å². The molecule has 330 valence electrons. The molecule has 1 aliphatic carbocycles. The summed E-state index contributed by atoms with van der Waals surface area (Å²) in [5.41, 5.74) is 1.62. The first-order valence-corrected chi connectivity index (χ1v) is 21.9. The van der Waals surface area contributed by atoms with Gasteiger partial charge in [0.05, 0.1) is 59.4 Å². The molecule has 3 amide bonds. The molecule has 1 saturated carbocycles. The van der Waals surface area contributed by atoms with Crippen molar-refractivity contribution >= 4 is 45.9 Å². The Morgan fingerprint density at radius 1 is 1.06 bits per heavy atom. The highest BCUT2D eigenvalue weighted by molar-refractivity contribution is 6.08. The van der Waals surface area contributed by atoms with Crippen molar-refractivity contribution < 1.29 is 32.6 Å². The summed E-state index contributed by atoms with van der Waals surface area (Å²) >= 11 is 0. The van der Waals surface area contributed by atoms with Gasteiger partial charge in [0.25, 0.3) is 12.3 Å². The van der Waals surface area contributed by atoms with Gasteiger partial charge in [-0.15, -0.1) is 0 Å². The summed E-state index contributed by atoms with van der Waals surface area (Å²) in [5.74, 6) is 6.11.